The second-order valence-corrected chi connectivity index (χ2v) is 5.73. The Morgan fingerprint density at radius 1 is 1.30 bits per heavy atom. The number of rotatable bonds is 4. The lowest BCUT2D eigenvalue weighted by Crippen LogP contribution is -2.57. The lowest BCUT2D eigenvalue weighted by atomic mass is 9.86. The number of aliphatic hydroxyl groups is 1. The third kappa shape index (κ3) is 2.59. The molecule has 0 aliphatic carbocycles. The number of carbonyl (C=O) groups excluding carboxylic acids is 1. The van der Waals surface area contributed by atoms with Crippen LogP contribution >= 0.6 is 0 Å². The van der Waals surface area contributed by atoms with Crippen molar-refractivity contribution in [1.29, 1.82) is 0 Å². The van der Waals surface area contributed by atoms with Crippen molar-refractivity contribution in [2.75, 3.05) is 52.5 Å². The highest BCUT2D eigenvalue weighted by Crippen LogP contribution is 2.28. The highest BCUT2D eigenvalue weighted by atomic mass is 16.5. The summed E-state index contributed by atoms with van der Waals surface area (Å²) in [5.41, 5.74) is 0.522. The fourth-order valence-corrected chi connectivity index (χ4v) is 2.78. The number of hydrogen-bond donors (Lipinski definition) is 1. The number of ether oxygens (including phenoxy) is 1. The number of nitrogens with zero attached hydrogens (tertiary/aromatic N) is 2. The van der Waals surface area contributed by atoms with Crippen molar-refractivity contribution in [1.82, 2.24) is 9.80 Å². The Labute approximate surface area is 117 Å². The van der Waals surface area contributed by atoms with Crippen LogP contribution in [0.2, 0.25) is 0 Å². The van der Waals surface area contributed by atoms with Gasteiger partial charge in [-0.05, 0) is 6.07 Å². The van der Waals surface area contributed by atoms with Gasteiger partial charge in [-0.15, -0.1) is 0 Å². The van der Waals surface area contributed by atoms with Crippen molar-refractivity contribution in [3.63, 3.8) is 0 Å². The van der Waals surface area contributed by atoms with E-state index in [0.717, 1.165) is 19.6 Å². The van der Waals surface area contributed by atoms with Crippen LogP contribution in [-0.2, 0) is 4.74 Å². The molecule has 0 saturated carbocycles. The van der Waals surface area contributed by atoms with E-state index in [1.165, 1.54) is 12.5 Å². The second kappa shape index (κ2) is 5.55. The summed E-state index contributed by atoms with van der Waals surface area (Å²) < 4.78 is 10.2. The van der Waals surface area contributed by atoms with Crippen LogP contribution < -0.4 is 0 Å². The lowest BCUT2D eigenvalue weighted by Gasteiger charge is -2.45. The number of amides is 1. The van der Waals surface area contributed by atoms with E-state index in [1.54, 1.807) is 6.07 Å². The van der Waals surface area contributed by atoms with E-state index in [0.29, 0.717) is 31.9 Å². The van der Waals surface area contributed by atoms with Gasteiger partial charge < -0.3 is 19.2 Å². The molecule has 0 atom stereocenters. The molecule has 0 unspecified atom stereocenters. The maximum absolute atomic E-state index is 12.2. The first kappa shape index (κ1) is 13.6. The van der Waals surface area contributed by atoms with E-state index >= 15 is 0 Å². The molecule has 0 radical (unpaired) electrons. The number of piperazine rings is 1. The summed E-state index contributed by atoms with van der Waals surface area (Å²) >= 11 is 0. The molecular weight excluding hydrogens is 260 g/mol. The van der Waals surface area contributed by atoms with Crippen molar-refractivity contribution >= 4 is 5.91 Å². The first-order chi connectivity index (χ1) is 9.72. The largest absolute Gasteiger partial charge is 0.472 e. The number of furan rings is 1. The molecule has 0 spiro atoms. The molecule has 3 heterocycles. The molecule has 1 amide bonds. The van der Waals surface area contributed by atoms with Crippen molar-refractivity contribution in [2.24, 2.45) is 5.41 Å². The zero-order chi connectivity index (χ0) is 14.0. The molecule has 0 aromatic carbocycles. The van der Waals surface area contributed by atoms with E-state index < -0.39 is 0 Å². The number of hydrogen-bond acceptors (Lipinski definition) is 5. The summed E-state index contributed by atoms with van der Waals surface area (Å²) in [6, 6.07) is 1.70. The molecule has 1 N–H and O–H groups in total. The number of carbonyl (C=O) groups is 1. The fourth-order valence-electron chi connectivity index (χ4n) is 2.78. The molecule has 2 saturated heterocycles. The third-order valence-corrected chi connectivity index (χ3v) is 4.14. The first-order valence-electron chi connectivity index (χ1n) is 6.95. The summed E-state index contributed by atoms with van der Waals surface area (Å²) in [6.45, 7) is 5.39. The van der Waals surface area contributed by atoms with E-state index in [4.69, 9.17) is 9.15 Å². The van der Waals surface area contributed by atoms with Gasteiger partial charge in [0.1, 0.15) is 6.26 Å². The second-order valence-electron chi connectivity index (χ2n) is 5.73. The van der Waals surface area contributed by atoms with Crippen molar-refractivity contribution < 1.29 is 19.1 Å². The van der Waals surface area contributed by atoms with Gasteiger partial charge in [0.25, 0.3) is 5.91 Å². The van der Waals surface area contributed by atoms with E-state index in [1.807, 2.05) is 4.90 Å². The summed E-state index contributed by atoms with van der Waals surface area (Å²) in [4.78, 5) is 16.3. The van der Waals surface area contributed by atoms with Crippen molar-refractivity contribution in [2.45, 2.75) is 0 Å². The SMILES string of the molecule is O=C(c1ccoc1)N1CCN(CC2(CO)COC2)CC1. The van der Waals surface area contributed by atoms with E-state index in [-0.39, 0.29) is 17.9 Å². The maximum atomic E-state index is 12.2. The van der Waals surface area contributed by atoms with Crippen molar-refractivity contribution in [3.05, 3.63) is 24.2 Å². The zero-order valence-corrected chi connectivity index (χ0v) is 11.5. The number of aliphatic hydroxyl groups excluding tert-OH is 1. The monoisotopic (exact) mass is 280 g/mol. The standard InChI is InChI=1S/C14H20N2O4/c17-9-14(10-20-11-14)8-15-2-4-16(5-3-15)13(18)12-1-6-19-7-12/h1,6-7,17H,2-5,8-11H2. The Kier molecular flexibility index (Phi) is 3.78. The molecule has 20 heavy (non-hydrogen) atoms. The first-order valence-corrected chi connectivity index (χ1v) is 6.95. The van der Waals surface area contributed by atoms with Gasteiger partial charge in [0, 0.05) is 32.7 Å². The van der Waals surface area contributed by atoms with Crippen LogP contribution in [0.25, 0.3) is 0 Å². The zero-order valence-electron chi connectivity index (χ0n) is 11.5. The Morgan fingerprint density at radius 3 is 2.55 bits per heavy atom. The minimum Gasteiger partial charge on any atom is -0.472 e. The Morgan fingerprint density at radius 2 is 2.05 bits per heavy atom. The van der Waals surface area contributed by atoms with Gasteiger partial charge in [0.05, 0.1) is 37.1 Å². The summed E-state index contributed by atoms with van der Waals surface area (Å²) in [7, 11) is 0. The summed E-state index contributed by atoms with van der Waals surface area (Å²) in [5.74, 6) is 0.0299. The van der Waals surface area contributed by atoms with Crippen LogP contribution in [0.15, 0.2) is 23.0 Å². The van der Waals surface area contributed by atoms with Gasteiger partial charge in [0.2, 0.25) is 0 Å². The third-order valence-electron chi connectivity index (χ3n) is 4.14. The predicted molar refractivity (Wildman–Crippen MR) is 71.4 cm³/mol. The van der Waals surface area contributed by atoms with Gasteiger partial charge in [-0.2, -0.15) is 0 Å². The van der Waals surface area contributed by atoms with E-state index in [9.17, 15) is 9.90 Å². The maximum Gasteiger partial charge on any atom is 0.257 e. The van der Waals surface area contributed by atoms with Crippen LogP contribution in [0.5, 0.6) is 0 Å². The normalized spacial score (nSPS) is 22.6. The minimum atomic E-state index is -0.0866. The Hall–Kier alpha value is -1.37. The van der Waals surface area contributed by atoms with E-state index in [2.05, 4.69) is 4.90 Å². The molecule has 0 bridgehead atoms. The average molecular weight is 280 g/mol. The molecule has 6 heteroatoms. The average Bonchev–Trinajstić information content (AvgIpc) is 2.97. The van der Waals surface area contributed by atoms with Gasteiger partial charge in [-0.3, -0.25) is 9.69 Å². The summed E-state index contributed by atoms with van der Waals surface area (Å²) in [5, 5.41) is 9.45. The van der Waals surface area contributed by atoms with Gasteiger partial charge in [-0.25, -0.2) is 0 Å². The molecule has 1 aromatic rings. The highest BCUT2D eigenvalue weighted by Gasteiger charge is 2.40. The molecule has 110 valence electrons. The van der Waals surface area contributed by atoms with Crippen molar-refractivity contribution in [3.8, 4) is 0 Å². The molecule has 6 nitrogen and oxygen atoms in total. The van der Waals surface area contributed by atoms with Crippen LogP contribution in [0.3, 0.4) is 0 Å². The molecule has 3 rings (SSSR count). The van der Waals surface area contributed by atoms with Crippen LogP contribution in [-0.4, -0.2) is 73.4 Å². The summed E-state index contributed by atoms with van der Waals surface area (Å²) in [6.07, 6.45) is 3.01. The fraction of sp³-hybridized carbons (Fsp3) is 0.643. The smallest absolute Gasteiger partial charge is 0.257 e. The molecule has 2 aliphatic heterocycles. The molecular formula is C14H20N2O4. The molecule has 1 aromatic heterocycles. The topological polar surface area (TPSA) is 66.2 Å². The van der Waals surface area contributed by atoms with Crippen LogP contribution in [0.4, 0.5) is 0 Å². The quantitative estimate of drug-likeness (QED) is 0.844. The molecule has 2 fully saturated rings. The van der Waals surface area contributed by atoms with Crippen LogP contribution in [0, 0.1) is 5.41 Å². The highest BCUT2D eigenvalue weighted by molar-refractivity contribution is 5.93. The lowest BCUT2D eigenvalue weighted by molar-refractivity contribution is -0.150. The van der Waals surface area contributed by atoms with Crippen LogP contribution in [0.1, 0.15) is 10.4 Å². The predicted octanol–water partition coefficient (Wildman–Crippen LogP) is 0.0463. The van der Waals surface area contributed by atoms with Gasteiger partial charge >= 0.3 is 0 Å². The Bertz CT molecular complexity index is 442. The van der Waals surface area contributed by atoms with Gasteiger partial charge in [-0.1, -0.05) is 0 Å². The van der Waals surface area contributed by atoms with Gasteiger partial charge in [0.15, 0.2) is 0 Å². The minimum absolute atomic E-state index is 0.0299. The Balaban J connectivity index is 1.51. The molecule has 2 aliphatic rings.